The first-order valence-corrected chi connectivity index (χ1v) is 7.49. The molecule has 0 spiro atoms. The van der Waals surface area contributed by atoms with Crippen LogP contribution >= 0.6 is 0 Å². The zero-order valence-electron chi connectivity index (χ0n) is 12.7. The Balaban J connectivity index is 1.75. The molecule has 2 unspecified atom stereocenters. The third-order valence-electron chi connectivity index (χ3n) is 3.82. The van der Waals surface area contributed by atoms with Crippen molar-refractivity contribution in [3.8, 4) is 5.75 Å². The van der Waals surface area contributed by atoms with Gasteiger partial charge < -0.3 is 20.1 Å². The molecule has 2 atom stereocenters. The fourth-order valence-electron chi connectivity index (χ4n) is 2.69. The van der Waals surface area contributed by atoms with Crippen molar-refractivity contribution in [1.29, 1.82) is 0 Å². The van der Waals surface area contributed by atoms with Crippen molar-refractivity contribution < 1.29 is 14.3 Å². The van der Waals surface area contributed by atoms with Crippen molar-refractivity contribution >= 4 is 11.6 Å². The maximum Gasteiger partial charge on any atom is 0.238 e. The Kier molecular flexibility index (Phi) is 6.02. The smallest absolute Gasteiger partial charge is 0.238 e. The van der Waals surface area contributed by atoms with E-state index in [4.69, 9.17) is 9.47 Å². The lowest BCUT2D eigenvalue weighted by atomic mass is 10.00. The Bertz CT molecular complexity index is 465. The number of carbonyl (C=O) groups is 1. The number of anilines is 1. The van der Waals surface area contributed by atoms with Crippen LogP contribution in [0.25, 0.3) is 0 Å². The number of nitrogens with one attached hydrogen (secondary N) is 2. The summed E-state index contributed by atoms with van der Waals surface area (Å²) in [6.07, 6.45) is 2.43. The summed E-state index contributed by atoms with van der Waals surface area (Å²) in [5, 5.41) is 6.07. The zero-order valence-corrected chi connectivity index (χ0v) is 12.7. The number of para-hydroxylation sites is 2. The zero-order chi connectivity index (χ0) is 15.1. The van der Waals surface area contributed by atoms with E-state index < -0.39 is 0 Å². The SMILES string of the molecule is CCC1OCCC1CNCC(=O)Nc1ccccc1OC. The summed E-state index contributed by atoms with van der Waals surface area (Å²) < 4.78 is 10.9. The average molecular weight is 292 g/mol. The summed E-state index contributed by atoms with van der Waals surface area (Å²) in [6, 6.07) is 7.39. The quantitative estimate of drug-likeness (QED) is 0.807. The van der Waals surface area contributed by atoms with E-state index in [1.165, 1.54) is 0 Å². The summed E-state index contributed by atoms with van der Waals surface area (Å²) in [4.78, 5) is 11.9. The Morgan fingerprint density at radius 2 is 2.24 bits per heavy atom. The molecule has 1 amide bonds. The number of methoxy groups -OCH3 is 1. The second-order valence-electron chi connectivity index (χ2n) is 5.25. The number of ether oxygens (including phenoxy) is 2. The lowest BCUT2D eigenvalue weighted by Gasteiger charge is -2.17. The van der Waals surface area contributed by atoms with E-state index in [2.05, 4.69) is 17.6 Å². The molecule has 21 heavy (non-hydrogen) atoms. The van der Waals surface area contributed by atoms with Crippen molar-refractivity contribution in [3.63, 3.8) is 0 Å². The van der Waals surface area contributed by atoms with Gasteiger partial charge in [-0.25, -0.2) is 0 Å². The average Bonchev–Trinajstić information content (AvgIpc) is 2.95. The summed E-state index contributed by atoms with van der Waals surface area (Å²) >= 11 is 0. The number of hydrogen-bond acceptors (Lipinski definition) is 4. The molecule has 1 fully saturated rings. The van der Waals surface area contributed by atoms with Crippen LogP contribution in [0.5, 0.6) is 5.75 Å². The van der Waals surface area contributed by atoms with Crippen LogP contribution in [0.3, 0.4) is 0 Å². The number of hydrogen-bond donors (Lipinski definition) is 2. The molecule has 1 aliphatic heterocycles. The second kappa shape index (κ2) is 8.00. The van der Waals surface area contributed by atoms with Gasteiger partial charge in [-0.1, -0.05) is 19.1 Å². The van der Waals surface area contributed by atoms with Crippen LogP contribution in [-0.4, -0.2) is 38.8 Å². The molecule has 0 radical (unpaired) electrons. The summed E-state index contributed by atoms with van der Waals surface area (Å²) in [5.41, 5.74) is 0.697. The predicted octanol–water partition coefficient (Wildman–Crippen LogP) is 2.04. The summed E-state index contributed by atoms with van der Waals surface area (Å²) in [6.45, 7) is 4.08. The third-order valence-corrected chi connectivity index (χ3v) is 3.82. The highest BCUT2D eigenvalue weighted by atomic mass is 16.5. The van der Waals surface area contributed by atoms with Gasteiger partial charge in [0, 0.05) is 13.2 Å². The Morgan fingerprint density at radius 1 is 1.43 bits per heavy atom. The fraction of sp³-hybridized carbons (Fsp3) is 0.562. The van der Waals surface area contributed by atoms with Crippen molar-refractivity contribution in [2.24, 2.45) is 5.92 Å². The lowest BCUT2D eigenvalue weighted by molar-refractivity contribution is -0.115. The van der Waals surface area contributed by atoms with Gasteiger partial charge in [0.05, 0.1) is 25.4 Å². The van der Waals surface area contributed by atoms with Gasteiger partial charge in [-0.2, -0.15) is 0 Å². The maximum atomic E-state index is 11.9. The molecule has 0 bridgehead atoms. The highest BCUT2D eigenvalue weighted by Crippen LogP contribution is 2.23. The molecule has 5 nitrogen and oxygen atoms in total. The second-order valence-corrected chi connectivity index (χ2v) is 5.25. The normalized spacial score (nSPS) is 21.2. The van der Waals surface area contributed by atoms with E-state index in [-0.39, 0.29) is 5.91 Å². The highest BCUT2D eigenvalue weighted by molar-refractivity contribution is 5.93. The van der Waals surface area contributed by atoms with E-state index >= 15 is 0 Å². The Hall–Kier alpha value is -1.59. The highest BCUT2D eigenvalue weighted by Gasteiger charge is 2.26. The van der Waals surface area contributed by atoms with Gasteiger partial charge in [0.1, 0.15) is 5.75 Å². The van der Waals surface area contributed by atoms with Crippen molar-refractivity contribution in [1.82, 2.24) is 5.32 Å². The monoisotopic (exact) mass is 292 g/mol. The minimum absolute atomic E-state index is 0.0635. The van der Waals surface area contributed by atoms with Gasteiger partial charge in [-0.3, -0.25) is 4.79 Å². The first-order chi connectivity index (χ1) is 10.2. The van der Waals surface area contributed by atoms with Gasteiger partial charge in [-0.05, 0) is 30.9 Å². The molecule has 1 saturated heterocycles. The van der Waals surface area contributed by atoms with E-state index in [0.29, 0.717) is 30.0 Å². The van der Waals surface area contributed by atoms with Gasteiger partial charge in [0.15, 0.2) is 0 Å². The van der Waals surface area contributed by atoms with Gasteiger partial charge in [-0.15, -0.1) is 0 Å². The number of benzene rings is 1. The minimum atomic E-state index is -0.0635. The Labute approximate surface area is 126 Å². The topological polar surface area (TPSA) is 59.6 Å². The molecular formula is C16H24N2O3. The van der Waals surface area contributed by atoms with Gasteiger partial charge >= 0.3 is 0 Å². The summed E-state index contributed by atoms with van der Waals surface area (Å²) in [5.74, 6) is 1.11. The van der Waals surface area contributed by atoms with Crippen molar-refractivity contribution in [2.45, 2.75) is 25.9 Å². The predicted molar refractivity (Wildman–Crippen MR) is 82.6 cm³/mol. The minimum Gasteiger partial charge on any atom is -0.495 e. The number of rotatable bonds is 7. The van der Waals surface area contributed by atoms with Crippen molar-refractivity contribution in [3.05, 3.63) is 24.3 Å². The molecular weight excluding hydrogens is 268 g/mol. The maximum absolute atomic E-state index is 11.9. The van der Waals surface area contributed by atoms with E-state index in [1.807, 2.05) is 24.3 Å². The van der Waals surface area contributed by atoms with Crippen LogP contribution in [0.4, 0.5) is 5.69 Å². The molecule has 5 heteroatoms. The molecule has 116 valence electrons. The largest absolute Gasteiger partial charge is 0.495 e. The van der Waals surface area contributed by atoms with Crippen LogP contribution in [-0.2, 0) is 9.53 Å². The molecule has 0 saturated carbocycles. The molecule has 1 aromatic carbocycles. The lowest BCUT2D eigenvalue weighted by Crippen LogP contribution is -2.34. The van der Waals surface area contributed by atoms with E-state index in [0.717, 1.165) is 26.0 Å². The van der Waals surface area contributed by atoms with E-state index in [1.54, 1.807) is 7.11 Å². The molecule has 0 aromatic heterocycles. The van der Waals surface area contributed by atoms with Crippen LogP contribution in [0.1, 0.15) is 19.8 Å². The van der Waals surface area contributed by atoms with Crippen LogP contribution < -0.4 is 15.4 Å². The van der Waals surface area contributed by atoms with Crippen LogP contribution in [0, 0.1) is 5.92 Å². The van der Waals surface area contributed by atoms with Gasteiger partial charge in [0.25, 0.3) is 0 Å². The molecule has 1 heterocycles. The van der Waals surface area contributed by atoms with Gasteiger partial charge in [0.2, 0.25) is 5.91 Å². The molecule has 2 N–H and O–H groups in total. The molecule has 2 rings (SSSR count). The molecule has 1 aliphatic rings. The molecule has 1 aromatic rings. The fourth-order valence-corrected chi connectivity index (χ4v) is 2.69. The van der Waals surface area contributed by atoms with Crippen LogP contribution in [0.2, 0.25) is 0 Å². The number of amides is 1. The molecule has 0 aliphatic carbocycles. The van der Waals surface area contributed by atoms with E-state index in [9.17, 15) is 4.79 Å². The first-order valence-electron chi connectivity index (χ1n) is 7.49. The third kappa shape index (κ3) is 4.44. The standard InChI is InChI=1S/C16H24N2O3/c1-3-14-12(8-9-21-14)10-17-11-16(19)18-13-6-4-5-7-15(13)20-2/h4-7,12,14,17H,3,8-11H2,1-2H3,(H,18,19). The summed E-state index contributed by atoms with van der Waals surface area (Å²) in [7, 11) is 1.59. The number of carbonyl (C=O) groups excluding carboxylic acids is 1. The first kappa shape index (κ1) is 15.8. The van der Waals surface area contributed by atoms with Crippen molar-refractivity contribution in [2.75, 3.05) is 32.1 Å². The Morgan fingerprint density at radius 3 is 3.00 bits per heavy atom. The van der Waals surface area contributed by atoms with Crippen LogP contribution in [0.15, 0.2) is 24.3 Å².